The van der Waals surface area contributed by atoms with E-state index in [-0.39, 0.29) is 16.8 Å². The molecule has 11 heteroatoms. The molecule has 2 aromatic carbocycles. The molecule has 152 valence electrons. The van der Waals surface area contributed by atoms with Gasteiger partial charge in [0.15, 0.2) is 5.65 Å². The molecular formula is C19H17N7O3S. The molecule has 0 spiro atoms. The molecule has 0 unspecified atom stereocenters. The highest BCUT2D eigenvalue weighted by molar-refractivity contribution is 7.89. The molecule has 1 amide bonds. The molecule has 30 heavy (non-hydrogen) atoms. The Balaban J connectivity index is 1.74. The second kappa shape index (κ2) is 7.54. The number of sulfonamides is 1. The number of primary sulfonamides is 1. The predicted molar refractivity (Wildman–Crippen MR) is 112 cm³/mol. The maximum absolute atomic E-state index is 11.8. The standard InChI is InChI=1S/C19H17N7O3S/c1-21-18(27)12-7-5-11(6-8-12)15-16-17(23-10-22-16)26-19(25-15)24-13-3-2-4-14(9-13)30(20,28)29/h2-10H,1H3,(H,21,27)(H2,20,28,29)(H2,22,23,24,25,26). The van der Waals surface area contributed by atoms with E-state index < -0.39 is 10.0 Å². The van der Waals surface area contributed by atoms with E-state index in [0.29, 0.717) is 28.1 Å². The fraction of sp³-hybridized carbons (Fsp3) is 0.0526. The number of anilines is 2. The number of nitrogens with two attached hydrogens (primary N) is 1. The van der Waals surface area contributed by atoms with Crippen molar-refractivity contribution in [3.05, 3.63) is 60.4 Å². The van der Waals surface area contributed by atoms with Gasteiger partial charge in [0.2, 0.25) is 16.0 Å². The van der Waals surface area contributed by atoms with Gasteiger partial charge in [0.25, 0.3) is 5.91 Å². The van der Waals surface area contributed by atoms with Crippen LogP contribution in [0.15, 0.2) is 59.8 Å². The first-order valence-electron chi connectivity index (χ1n) is 8.78. The number of imidazole rings is 1. The SMILES string of the molecule is CNC(=O)c1ccc(-c2nc(Nc3cccc(S(N)(=O)=O)c3)nc3nc[nH]c23)cc1. The summed E-state index contributed by atoms with van der Waals surface area (Å²) in [7, 11) is -2.27. The second-order valence-electron chi connectivity index (χ2n) is 6.35. The zero-order valence-corrected chi connectivity index (χ0v) is 16.6. The summed E-state index contributed by atoms with van der Waals surface area (Å²) in [5.74, 6) is 0.0413. The fourth-order valence-electron chi connectivity index (χ4n) is 2.90. The van der Waals surface area contributed by atoms with Crippen LogP contribution >= 0.6 is 0 Å². The van der Waals surface area contributed by atoms with E-state index in [1.807, 2.05) is 0 Å². The molecule has 0 saturated carbocycles. The van der Waals surface area contributed by atoms with Crippen LogP contribution in [0.3, 0.4) is 0 Å². The highest BCUT2D eigenvalue weighted by atomic mass is 32.2. The average molecular weight is 423 g/mol. The van der Waals surface area contributed by atoms with Gasteiger partial charge in [0.1, 0.15) is 11.2 Å². The number of benzene rings is 2. The van der Waals surface area contributed by atoms with Gasteiger partial charge in [-0.25, -0.2) is 23.5 Å². The molecule has 0 aliphatic rings. The number of nitrogens with one attached hydrogen (secondary N) is 3. The lowest BCUT2D eigenvalue weighted by atomic mass is 10.1. The number of rotatable bonds is 5. The van der Waals surface area contributed by atoms with Crippen molar-refractivity contribution in [2.75, 3.05) is 12.4 Å². The van der Waals surface area contributed by atoms with Gasteiger partial charge in [0, 0.05) is 23.9 Å². The van der Waals surface area contributed by atoms with Gasteiger partial charge in [-0.15, -0.1) is 0 Å². The first kappa shape index (κ1) is 19.5. The summed E-state index contributed by atoms with van der Waals surface area (Å²) >= 11 is 0. The van der Waals surface area contributed by atoms with Crippen molar-refractivity contribution in [3.8, 4) is 11.3 Å². The lowest BCUT2D eigenvalue weighted by molar-refractivity contribution is 0.0963. The van der Waals surface area contributed by atoms with Gasteiger partial charge in [0.05, 0.1) is 11.2 Å². The van der Waals surface area contributed by atoms with Gasteiger partial charge >= 0.3 is 0 Å². The van der Waals surface area contributed by atoms with Crippen LogP contribution in [-0.2, 0) is 10.0 Å². The van der Waals surface area contributed by atoms with Crippen LogP contribution in [0.2, 0.25) is 0 Å². The van der Waals surface area contributed by atoms with E-state index in [0.717, 1.165) is 5.56 Å². The van der Waals surface area contributed by atoms with Gasteiger partial charge in [-0.3, -0.25) is 4.79 Å². The number of nitrogens with zero attached hydrogens (tertiary/aromatic N) is 3. The Labute approximate surface area is 171 Å². The maximum atomic E-state index is 11.8. The van der Waals surface area contributed by atoms with E-state index in [2.05, 4.69) is 30.6 Å². The Morgan fingerprint density at radius 2 is 1.87 bits per heavy atom. The number of aromatic amines is 1. The summed E-state index contributed by atoms with van der Waals surface area (Å²) in [6.07, 6.45) is 1.51. The van der Waals surface area contributed by atoms with Crippen molar-refractivity contribution >= 4 is 38.7 Å². The van der Waals surface area contributed by atoms with Gasteiger partial charge in [-0.05, 0) is 30.3 Å². The van der Waals surface area contributed by atoms with E-state index in [4.69, 9.17) is 5.14 Å². The monoisotopic (exact) mass is 423 g/mol. The number of hydrogen-bond acceptors (Lipinski definition) is 7. The minimum atomic E-state index is -3.84. The third kappa shape index (κ3) is 3.83. The zero-order valence-electron chi connectivity index (χ0n) is 15.7. The molecule has 2 heterocycles. The van der Waals surface area contributed by atoms with Crippen LogP contribution in [-0.4, -0.2) is 41.3 Å². The Bertz CT molecular complexity index is 1350. The third-order valence-electron chi connectivity index (χ3n) is 4.35. The van der Waals surface area contributed by atoms with Crippen LogP contribution in [0.25, 0.3) is 22.4 Å². The van der Waals surface area contributed by atoms with Crippen LogP contribution in [0.5, 0.6) is 0 Å². The Kier molecular flexibility index (Phi) is 4.90. The topological polar surface area (TPSA) is 156 Å². The predicted octanol–water partition coefficient (Wildman–Crippen LogP) is 1.77. The summed E-state index contributed by atoms with van der Waals surface area (Å²) in [5.41, 5.74) is 3.37. The van der Waals surface area contributed by atoms with Gasteiger partial charge < -0.3 is 15.6 Å². The molecular weight excluding hydrogens is 406 g/mol. The first-order chi connectivity index (χ1) is 14.3. The van der Waals surface area contributed by atoms with E-state index >= 15 is 0 Å². The Hall–Kier alpha value is -3.83. The van der Waals surface area contributed by atoms with Crippen LogP contribution in [0.1, 0.15) is 10.4 Å². The van der Waals surface area contributed by atoms with Gasteiger partial charge in [-0.1, -0.05) is 18.2 Å². The number of hydrogen-bond donors (Lipinski definition) is 4. The molecule has 4 aromatic rings. The minimum Gasteiger partial charge on any atom is -0.355 e. The van der Waals surface area contributed by atoms with Crippen molar-refractivity contribution in [2.45, 2.75) is 4.90 Å². The highest BCUT2D eigenvalue weighted by Crippen LogP contribution is 2.27. The summed E-state index contributed by atoms with van der Waals surface area (Å²) in [6, 6.07) is 13.0. The van der Waals surface area contributed by atoms with Crippen LogP contribution < -0.4 is 15.8 Å². The number of carbonyl (C=O) groups is 1. The number of carbonyl (C=O) groups excluding carboxylic acids is 1. The molecule has 0 atom stereocenters. The molecule has 5 N–H and O–H groups in total. The molecule has 0 bridgehead atoms. The third-order valence-corrected chi connectivity index (χ3v) is 5.26. The van der Waals surface area contributed by atoms with Crippen molar-refractivity contribution < 1.29 is 13.2 Å². The zero-order chi connectivity index (χ0) is 21.3. The number of aromatic nitrogens is 4. The largest absolute Gasteiger partial charge is 0.355 e. The van der Waals surface area contributed by atoms with E-state index in [1.54, 1.807) is 43.4 Å². The highest BCUT2D eigenvalue weighted by Gasteiger charge is 2.14. The van der Waals surface area contributed by atoms with Crippen LogP contribution in [0, 0.1) is 0 Å². The summed E-state index contributed by atoms with van der Waals surface area (Å²) < 4.78 is 23.2. The van der Waals surface area contributed by atoms with E-state index in [1.165, 1.54) is 18.5 Å². The summed E-state index contributed by atoms with van der Waals surface area (Å²) in [4.78, 5) is 27.9. The molecule has 0 radical (unpaired) electrons. The first-order valence-corrected chi connectivity index (χ1v) is 10.3. The molecule has 2 aromatic heterocycles. The second-order valence-corrected chi connectivity index (χ2v) is 7.91. The van der Waals surface area contributed by atoms with Crippen molar-refractivity contribution in [3.63, 3.8) is 0 Å². The van der Waals surface area contributed by atoms with Crippen molar-refractivity contribution in [2.24, 2.45) is 5.14 Å². The lowest BCUT2D eigenvalue weighted by Gasteiger charge is -2.09. The fourth-order valence-corrected chi connectivity index (χ4v) is 3.46. The quantitative estimate of drug-likeness (QED) is 0.381. The number of H-pyrrole nitrogens is 1. The molecule has 0 aliphatic carbocycles. The molecule has 0 saturated heterocycles. The molecule has 4 rings (SSSR count). The van der Waals surface area contributed by atoms with Crippen molar-refractivity contribution in [1.82, 2.24) is 25.3 Å². The summed E-state index contributed by atoms with van der Waals surface area (Å²) in [5, 5.41) is 10.8. The molecule has 0 fully saturated rings. The normalized spacial score (nSPS) is 11.4. The summed E-state index contributed by atoms with van der Waals surface area (Å²) in [6.45, 7) is 0. The minimum absolute atomic E-state index is 0.0293. The van der Waals surface area contributed by atoms with Gasteiger partial charge in [-0.2, -0.15) is 4.98 Å². The number of fused-ring (bicyclic) bond motifs is 1. The lowest BCUT2D eigenvalue weighted by Crippen LogP contribution is -2.17. The molecule has 10 nitrogen and oxygen atoms in total. The number of amides is 1. The molecule has 0 aliphatic heterocycles. The van der Waals surface area contributed by atoms with Crippen molar-refractivity contribution in [1.29, 1.82) is 0 Å². The Morgan fingerprint density at radius 3 is 2.57 bits per heavy atom. The van der Waals surface area contributed by atoms with Crippen LogP contribution in [0.4, 0.5) is 11.6 Å². The van der Waals surface area contributed by atoms with E-state index in [9.17, 15) is 13.2 Å². The Morgan fingerprint density at radius 1 is 1.10 bits per heavy atom. The smallest absolute Gasteiger partial charge is 0.251 e. The average Bonchev–Trinajstić information content (AvgIpc) is 3.21. The maximum Gasteiger partial charge on any atom is 0.251 e.